The second-order valence-corrected chi connectivity index (χ2v) is 5.69. The van der Waals surface area contributed by atoms with Crippen LogP contribution < -0.4 is 0 Å². The Balaban J connectivity index is 1.92. The minimum atomic E-state index is -4.64. The number of benzene rings is 1. The van der Waals surface area contributed by atoms with Crippen LogP contribution in [0.15, 0.2) is 28.8 Å². The summed E-state index contributed by atoms with van der Waals surface area (Å²) in [7, 11) is 0. The van der Waals surface area contributed by atoms with Gasteiger partial charge in [0.1, 0.15) is 0 Å². The maximum atomic E-state index is 12.4. The third-order valence-corrected chi connectivity index (χ3v) is 4.10. The highest BCUT2D eigenvalue weighted by Crippen LogP contribution is 2.31. The fourth-order valence-corrected chi connectivity index (χ4v) is 2.62. The van der Waals surface area contributed by atoms with Crippen molar-refractivity contribution in [1.82, 2.24) is 14.5 Å². The third-order valence-electron chi connectivity index (χ3n) is 3.24. The topological polar surface area (TPSA) is 51.8 Å². The quantitative estimate of drug-likeness (QED) is 0.696. The molecule has 0 aliphatic heterocycles. The fourth-order valence-electron chi connectivity index (χ4n) is 1.92. The highest BCUT2D eigenvalue weighted by atomic mass is 32.1. The molecule has 0 radical (unpaired) electrons. The Bertz CT molecular complexity index is 806. The zero-order valence-electron chi connectivity index (χ0n) is 11.6. The van der Waals surface area contributed by atoms with Crippen LogP contribution in [0, 0.1) is 13.8 Å². The lowest BCUT2D eigenvalue weighted by Gasteiger charge is -2.00. The SMILES string of the molecule is Cc1snc(-c2ccc(-c3noc(C(F)(F)F)n3)cc2)c1C. The number of aromatic nitrogens is 3. The lowest BCUT2D eigenvalue weighted by Crippen LogP contribution is -2.04. The van der Waals surface area contributed by atoms with E-state index in [1.54, 1.807) is 24.3 Å². The van der Waals surface area contributed by atoms with Crippen LogP contribution in [0.3, 0.4) is 0 Å². The van der Waals surface area contributed by atoms with Crippen molar-refractivity contribution < 1.29 is 17.7 Å². The van der Waals surface area contributed by atoms with Gasteiger partial charge in [-0.2, -0.15) is 22.5 Å². The molecule has 0 atom stereocenters. The van der Waals surface area contributed by atoms with Crippen LogP contribution in [0.25, 0.3) is 22.6 Å². The molecule has 114 valence electrons. The van der Waals surface area contributed by atoms with Crippen molar-refractivity contribution in [2.45, 2.75) is 20.0 Å². The van der Waals surface area contributed by atoms with E-state index in [0.29, 0.717) is 5.56 Å². The summed E-state index contributed by atoms with van der Waals surface area (Å²) in [5.41, 5.74) is 3.31. The maximum absolute atomic E-state index is 12.4. The van der Waals surface area contributed by atoms with E-state index in [-0.39, 0.29) is 5.82 Å². The summed E-state index contributed by atoms with van der Waals surface area (Å²) in [6.45, 7) is 3.97. The zero-order valence-corrected chi connectivity index (χ0v) is 12.4. The Morgan fingerprint density at radius 1 is 1.05 bits per heavy atom. The molecule has 22 heavy (non-hydrogen) atoms. The van der Waals surface area contributed by atoms with E-state index in [1.807, 2.05) is 13.8 Å². The minimum Gasteiger partial charge on any atom is -0.329 e. The van der Waals surface area contributed by atoms with Crippen LogP contribution in [0.2, 0.25) is 0 Å². The molecule has 0 amide bonds. The van der Waals surface area contributed by atoms with Gasteiger partial charge in [0.15, 0.2) is 0 Å². The molecule has 0 N–H and O–H groups in total. The largest absolute Gasteiger partial charge is 0.471 e. The Labute approximate surface area is 127 Å². The smallest absolute Gasteiger partial charge is 0.329 e. The number of nitrogens with zero attached hydrogens (tertiary/aromatic N) is 3. The van der Waals surface area contributed by atoms with Crippen LogP contribution in [-0.4, -0.2) is 14.5 Å². The van der Waals surface area contributed by atoms with Gasteiger partial charge < -0.3 is 4.52 Å². The van der Waals surface area contributed by atoms with Gasteiger partial charge in [0.05, 0.1) is 5.69 Å². The lowest BCUT2D eigenvalue weighted by atomic mass is 10.1. The van der Waals surface area contributed by atoms with E-state index in [4.69, 9.17) is 0 Å². The zero-order chi connectivity index (χ0) is 15.9. The Morgan fingerprint density at radius 2 is 1.68 bits per heavy atom. The van der Waals surface area contributed by atoms with Crippen molar-refractivity contribution in [2.75, 3.05) is 0 Å². The van der Waals surface area contributed by atoms with E-state index in [0.717, 1.165) is 21.7 Å². The first-order chi connectivity index (χ1) is 10.4. The number of aryl methyl sites for hydroxylation is 1. The summed E-state index contributed by atoms with van der Waals surface area (Å²) in [6, 6.07) is 6.85. The van der Waals surface area contributed by atoms with Crippen molar-refractivity contribution in [1.29, 1.82) is 0 Å². The molecule has 0 saturated heterocycles. The highest BCUT2D eigenvalue weighted by Gasteiger charge is 2.38. The Kier molecular flexibility index (Phi) is 3.48. The first-order valence-electron chi connectivity index (χ1n) is 6.31. The van der Waals surface area contributed by atoms with Crippen molar-refractivity contribution in [3.63, 3.8) is 0 Å². The van der Waals surface area contributed by atoms with Gasteiger partial charge in [-0.15, -0.1) is 0 Å². The van der Waals surface area contributed by atoms with Crippen LogP contribution in [0.4, 0.5) is 13.2 Å². The lowest BCUT2D eigenvalue weighted by molar-refractivity contribution is -0.159. The van der Waals surface area contributed by atoms with Crippen molar-refractivity contribution in [3.8, 4) is 22.6 Å². The minimum absolute atomic E-state index is 0.0925. The van der Waals surface area contributed by atoms with E-state index < -0.39 is 12.1 Å². The van der Waals surface area contributed by atoms with Crippen LogP contribution in [0.1, 0.15) is 16.3 Å². The molecule has 0 fully saturated rings. The van der Waals surface area contributed by atoms with Gasteiger partial charge >= 0.3 is 12.1 Å². The van der Waals surface area contributed by atoms with Gasteiger partial charge in [-0.3, -0.25) is 0 Å². The summed E-state index contributed by atoms with van der Waals surface area (Å²) in [5.74, 6) is -1.44. The third kappa shape index (κ3) is 2.61. The molecule has 0 aliphatic carbocycles. The number of halogens is 3. The van der Waals surface area contributed by atoms with Gasteiger partial charge in [-0.1, -0.05) is 29.4 Å². The predicted octanol–water partition coefficient (Wildman–Crippen LogP) is 4.50. The molecule has 0 aliphatic rings. The highest BCUT2D eigenvalue weighted by molar-refractivity contribution is 7.06. The summed E-state index contributed by atoms with van der Waals surface area (Å²) in [4.78, 5) is 4.49. The molecular weight excluding hydrogens is 315 g/mol. The molecular formula is C14H10F3N3OS. The molecule has 8 heteroatoms. The molecule has 3 aromatic rings. The number of rotatable bonds is 2. The molecule has 0 spiro atoms. The molecule has 0 bridgehead atoms. The van der Waals surface area contributed by atoms with Gasteiger partial charge in [0, 0.05) is 16.0 Å². The van der Waals surface area contributed by atoms with Crippen LogP contribution in [-0.2, 0) is 6.18 Å². The van der Waals surface area contributed by atoms with Crippen molar-refractivity contribution in [3.05, 3.63) is 40.6 Å². The summed E-state index contributed by atoms with van der Waals surface area (Å²) >= 11 is 1.42. The van der Waals surface area contributed by atoms with E-state index in [1.165, 1.54) is 11.5 Å². The van der Waals surface area contributed by atoms with Crippen LogP contribution in [0.5, 0.6) is 0 Å². The Hall–Kier alpha value is -2.22. The number of hydrogen-bond donors (Lipinski definition) is 0. The average Bonchev–Trinajstić information content (AvgIpc) is 3.08. The summed E-state index contributed by atoms with van der Waals surface area (Å²) in [6.07, 6.45) is -4.64. The molecule has 1 aromatic carbocycles. The number of hydrogen-bond acceptors (Lipinski definition) is 5. The molecule has 0 saturated carbocycles. The molecule has 3 rings (SSSR count). The van der Waals surface area contributed by atoms with E-state index >= 15 is 0 Å². The van der Waals surface area contributed by atoms with Crippen LogP contribution >= 0.6 is 11.5 Å². The molecule has 2 heterocycles. The maximum Gasteiger partial charge on any atom is 0.471 e. The van der Waals surface area contributed by atoms with E-state index in [2.05, 4.69) is 19.0 Å². The van der Waals surface area contributed by atoms with Crippen molar-refractivity contribution >= 4 is 11.5 Å². The molecule has 4 nitrogen and oxygen atoms in total. The van der Waals surface area contributed by atoms with Crippen molar-refractivity contribution in [2.24, 2.45) is 0 Å². The fraction of sp³-hybridized carbons (Fsp3) is 0.214. The predicted molar refractivity (Wildman–Crippen MR) is 75.3 cm³/mol. The summed E-state index contributed by atoms with van der Waals surface area (Å²) in [5, 5.41) is 3.36. The van der Waals surface area contributed by atoms with Gasteiger partial charge in [0.25, 0.3) is 0 Å². The standard InChI is InChI=1S/C14H10F3N3OS/c1-7-8(2)22-20-11(7)9-3-5-10(6-4-9)12-18-13(21-19-12)14(15,16)17/h3-6H,1-2H3. The van der Waals surface area contributed by atoms with Gasteiger partial charge in [-0.25, -0.2) is 0 Å². The normalized spacial score (nSPS) is 11.9. The first kappa shape index (κ1) is 14.7. The number of alkyl halides is 3. The Morgan fingerprint density at radius 3 is 2.18 bits per heavy atom. The molecule has 0 unspecified atom stereocenters. The molecule has 2 aromatic heterocycles. The van der Waals surface area contributed by atoms with Gasteiger partial charge in [-0.05, 0) is 30.9 Å². The summed E-state index contributed by atoms with van der Waals surface area (Å²) < 4.78 is 45.9. The monoisotopic (exact) mass is 325 g/mol. The second-order valence-electron chi connectivity index (χ2n) is 4.71. The second kappa shape index (κ2) is 5.20. The first-order valence-corrected chi connectivity index (χ1v) is 7.08. The average molecular weight is 325 g/mol. The van der Waals surface area contributed by atoms with E-state index in [9.17, 15) is 13.2 Å². The van der Waals surface area contributed by atoms with Gasteiger partial charge in [0.2, 0.25) is 5.82 Å².